The molecule has 1 N–H and O–H groups in total. The molecule has 140 valence electrons. The molecule has 3 rings (SSSR count). The van der Waals surface area contributed by atoms with Gasteiger partial charge in [0, 0.05) is 46.3 Å². The predicted octanol–water partition coefficient (Wildman–Crippen LogP) is 0.821. The average Bonchev–Trinajstić information content (AvgIpc) is 3.08. The normalized spacial score (nSPS) is 23.0. The van der Waals surface area contributed by atoms with Crippen molar-refractivity contribution in [1.29, 1.82) is 0 Å². The summed E-state index contributed by atoms with van der Waals surface area (Å²) in [4.78, 5) is 21.3. The Morgan fingerprint density at radius 1 is 1.32 bits per heavy atom. The number of likely N-dealkylation sites (tertiary alicyclic amines) is 1. The van der Waals surface area contributed by atoms with Crippen LogP contribution in [-0.2, 0) is 9.53 Å². The van der Waals surface area contributed by atoms with Crippen LogP contribution in [0.15, 0.2) is 4.52 Å². The Kier molecular flexibility index (Phi) is 6.25. The summed E-state index contributed by atoms with van der Waals surface area (Å²) in [6.07, 6.45) is 4.22. The summed E-state index contributed by atoms with van der Waals surface area (Å²) in [5.41, 5.74) is 0. The summed E-state index contributed by atoms with van der Waals surface area (Å²) >= 11 is 0. The maximum absolute atomic E-state index is 12.3. The third-order valence-corrected chi connectivity index (χ3v) is 5.21. The van der Waals surface area contributed by atoms with Gasteiger partial charge in [-0.25, -0.2) is 0 Å². The van der Waals surface area contributed by atoms with Gasteiger partial charge in [-0.05, 0) is 37.4 Å². The molecule has 0 radical (unpaired) electrons. The van der Waals surface area contributed by atoms with Crippen molar-refractivity contribution in [2.75, 3.05) is 51.3 Å². The van der Waals surface area contributed by atoms with Crippen LogP contribution < -0.4 is 10.2 Å². The topological polar surface area (TPSA) is 83.7 Å². The van der Waals surface area contributed by atoms with Crippen molar-refractivity contribution in [2.24, 2.45) is 5.92 Å². The maximum atomic E-state index is 12.3. The van der Waals surface area contributed by atoms with Crippen LogP contribution in [0.4, 0.5) is 5.95 Å². The number of anilines is 1. The number of amides is 1. The lowest BCUT2D eigenvalue weighted by atomic mass is 9.93. The fraction of sp³-hybridized carbons (Fsp3) is 0.824. The zero-order valence-electron chi connectivity index (χ0n) is 15.2. The predicted molar refractivity (Wildman–Crippen MR) is 93.5 cm³/mol. The van der Waals surface area contributed by atoms with Crippen molar-refractivity contribution >= 4 is 11.9 Å². The molecule has 1 atom stereocenters. The second-order valence-electron chi connectivity index (χ2n) is 6.95. The Balaban J connectivity index is 1.47. The molecular weight excluding hydrogens is 322 g/mol. The van der Waals surface area contributed by atoms with E-state index < -0.39 is 0 Å². The molecule has 0 spiro atoms. The van der Waals surface area contributed by atoms with Crippen molar-refractivity contribution in [3.05, 3.63) is 5.89 Å². The highest BCUT2D eigenvalue weighted by Gasteiger charge is 2.32. The molecule has 1 amide bonds. The molecule has 25 heavy (non-hydrogen) atoms. The highest BCUT2D eigenvalue weighted by Crippen LogP contribution is 2.25. The Morgan fingerprint density at radius 3 is 2.80 bits per heavy atom. The summed E-state index contributed by atoms with van der Waals surface area (Å²) in [7, 11) is 1.65. The lowest BCUT2D eigenvalue weighted by molar-refractivity contribution is -0.127. The number of aryl methyl sites for hydroxylation is 1. The van der Waals surface area contributed by atoms with E-state index in [-0.39, 0.29) is 11.8 Å². The van der Waals surface area contributed by atoms with Crippen LogP contribution in [0.5, 0.6) is 0 Å². The van der Waals surface area contributed by atoms with Gasteiger partial charge in [0.25, 0.3) is 5.95 Å². The first kappa shape index (κ1) is 18.1. The first-order valence-corrected chi connectivity index (χ1v) is 9.23. The van der Waals surface area contributed by atoms with Gasteiger partial charge >= 0.3 is 0 Å². The van der Waals surface area contributed by atoms with Gasteiger partial charge in [0.1, 0.15) is 0 Å². The number of piperidine rings is 2. The molecule has 0 aliphatic carbocycles. The molecule has 8 nitrogen and oxygen atoms in total. The molecule has 3 heterocycles. The lowest BCUT2D eigenvalue weighted by Crippen LogP contribution is -2.51. The van der Waals surface area contributed by atoms with Gasteiger partial charge in [-0.1, -0.05) is 0 Å². The minimum Gasteiger partial charge on any atom is -0.383 e. The molecule has 2 aliphatic heterocycles. The van der Waals surface area contributed by atoms with Gasteiger partial charge in [0.2, 0.25) is 11.8 Å². The molecular formula is C17H29N5O3. The van der Waals surface area contributed by atoms with E-state index >= 15 is 0 Å². The Bertz CT molecular complexity index is 556. The van der Waals surface area contributed by atoms with Gasteiger partial charge in [-0.3, -0.25) is 9.69 Å². The smallest absolute Gasteiger partial charge is 0.266 e. The third-order valence-electron chi connectivity index (χ3n) is 5.21. The van der Waals surface area contributed by atoms with Crippen LogP contribution in [-0.4, -0.2) is 73.4 Å². The van der Waals surface area contributed by atoms with E-state index in [1.165, 1.54) is 0 Å². The Hall–Kier alpha value is -1.67. The highest BCUT2D eigenvalue weighted by atomic mass is 16.5. The van der Waals surface area contributed by atoms with Crippen LogP contribution in [0.2, 0.25) is 0 Å². The number of rotatable bonds is 6. The maximum Gasteiger partial charge on any atom is 0.266 e. The number of carbonyl (C=O) groups excluding carboxylic acids is 1. The van der Waals surface area contributed by atoms with E-state index in [2.05, 4.69) is 25.3 Å². The fourth-order valence-electron chi connectivity index (χ4n) is 3.82. The van der Waals surface area contributed by atoms with Crippen LogP contribution in [0.25, 0.3) is 0 Å². The van der Waals surface area contributed by atoms with E-state index in [1.807, 2.05) is 6.92 Å². The van der Waals surface area contributed by atoms with E-state index in [9.17, 15) is 4.79 Å². The third kappa shape index (κ3) is 4.70. The number of aromatic nitrogens is 2. The molecule has 2 aliphatic rings. The largest absolute Gasteiger partial charge is 0.383 e. The van der Waals surface area contributed by atoms with E-state index in [1.54, 1.807) is 7.11 Å². The van der Waals surface area contributed by atoms with E-state index in [4.69, 9.17) is 9.26 Å². The van der Waals surface area contributed by atoms with Crippen molar-refractivity contribution < 1.29 is 14.1 Å². The summed E-state index contributed by atoms with van der Waals surface area (Å²) < 4.78 is 10.1. The standard InChI is InChI=1S/C17H29N5O3/c1-13-19-17(20-25-13)21-9-5-15(6-10-21)22-8-3-4-14(12-22)16(23)18-7-11-24-2/h14-15H,3-12H2,1-2H3,(H,18,23). The zero-order chi connectivity index (χ0) is 17.6. The monoisotopic (exact) mass is 351 g/mol. The number of carbonyl (C=O) groups is 1. The van der Waals surface area contributed by atoms with Gasteiger partial charge in [0.05, 0.1) is 12.5 Å². The molecule has 1 unspecified atom stereocenters. The Labute approximate surface area is 148 Å². The van der Waals surface area contributed by atoms with Crippen molar-refractivity contribution in [1.82, 2.24) is 20.4 Å². The summed E-state index contributed by atoms with van der Waals surface area (Å²) in [6, 6.07) is 0.541. The zero-order valence-corrected chi connectivity index (χ0v) is 15.2. The van der Waals surface area contributed by atoms with E-state index in [0.29, 0.717) is 31.0 Å². The summed E-state index contributed by atoms with van der Waals surface area (Å²) in [5.74, 6) is 1.57. The minimum atomic E-state index is 0.100. The second kappa shape index (κ2) is 8.62. The number of methoxy groups -OCH3 is 1. The lowest BCUT2D eigenvalue weighted by Gasteiger charge is -2.41. The number of hydrogen-bond acceptors (Lipinski definition) is 7. The molecule has 8 heteroatoms. The number of nitrogens with zero attached hydrogens (tertiary/aromatic N) is 4. The van der Waals surface area contributed by atoms with Gasteiger partial charge in [0.15, 0.2) is 0 Å². The Morgan fingerprint density at radius 2 is 2.12 bits per heavy atom. The van der Waals surface area contributed by atoms with Gasteiger partial charge < -0.3 is 19.5 Å². The molecule has 0 saturated carbocycles. The minimum absolute atomic E-state index is 0.100. The fourth-order valence-corrected chi connectivity index (χ4v) is 3.82. The number of ether oxygens (including phenoxy) is 1. The van der Waals surface area contributed by atoms with Crippen LogP contribution in [0.3, 0.4) is 0 Å². The second-order valence-corrected chi connectivity index (χ2v) is 6.95. The molecule has 0 aromatic carbocycles. The molecule has 1 aromatic heterocycles. The van der Waals surface area contributed by atoms with Crippen LogP contribution >= 0.6 is 0 Å². The highest BCUT2D eigenvalue weighted by molar-refractivity contribution is 5.78. The van der Waals surface area contributed by atoms with Crippen LogP contribution in [0, 0.1) is 12.8 Å². The quantitative estimate of drug-likeness (QED) is 0.760. The van der Waals surface area contributed by atoms with E-state index in [0.717, 1.165) is 51.9 Å². The summed E-state index contributed by atoms with van der Waals surface area (Å²) in [6.45, 7) is 6.80. The SMILES string of the molecule is COCCNC(=O)C1CCCN(C2CCN(c3noc(C)n3)CC2)C1. The van der Waals surface area contributed by atoms with Gasteiger partial charge in [-0.2, -0.15) is 4.98 Å². The molecule has 0 bridgehead atoms. The first-order valence-electron chi connectivity index (χ1n) is 9.23. The first-order chi connectivity index (χ1) is 12.2. The van der Waals surface area contributed by atoms with Crippen molar-refractivity contribution in [3.63, 3.8) is 0 Å². The van der Waals surface area contributed by atoms with Crippen LogP contribution in [0.1, 0.15) is 31.6 Å². The van der Waals surface area contributed by atoms with Crippen molar-refractivity contribution in [2.45, 2.75) is 38.6 Å². The van der Waals surface area contributed by atoms with Crippen molar-refractivity contribution in [3.8, 4) is 0 Å². The molecule has 1 aromatic rings. The number of hydrogen-bond donors (Lipinski definition) is 1. The summed E-state index contributed by atoms with van der Waals surface area (Å²) in [5, 5.41) is 6.99. The van der Waals surface area contributed by atoms with Gasteiger partial charge in [-0.15, -0.1) is 0 Å². The number of nitrogens with one attached hydrogen (secondary N) is 1. The average molecular weight is 351 g/mol. The molecule has 2 saturated heterocycles. The molecule has 2 fully saturated rings.